The fourth-order valence-electron chi connectivity index (χ4n) is 5.58. The average Bonchev–Trinajstić information content (AvgIpc) is 3.19. The molecule has 4 rings (SSSR count). The van der Waals surface area contributed by atoms with Crippen LogP contribution in [-0.2, 0) is 14.4 Å². The van der Waals surface area contributed by atoms with Crippen molar-refractivity contribution in [2.24, 2.45) is 5.92 Å². The van der Waals surface area contributed by atoms with Gasteiger partial charge < -0.3 is 15.1 Å². The summed E-state index contributed by atoms with van der Waals surface area (Å²) in [5.74, 6) is -0.249. The first-order chi connectivity index (χ1) is 14.4. The van der Waals surface area contributed by atoms with Gasteiger partial charge in [-0.2, -0.15) is 0 Å². The first-order valence-corrected chi connectivity index (χ1v) is 11.7. The number of likely N-dealkylation sites (tertiary alicyclic amines) is 2. The number of hydrogen-bond acceptors (Lipinski definition) is 4. The maximum absolute atomic E-state index is 13.1. The summed E-state index contributed by atoms with van der Waals surface area (Å²) in [6, 6.07) is -1.26. The van der Waals surface area contributed by atoms with Gasteiger partial charge in [-0.1, -0.05) is 25.7 Å². The zero-order valence-electron chi connectivity index (χ0n) is 18.0. The maximum Gasteiger partial charge on any atom is 0.325 e. The van der Waals surface area contributed by atoms with E-state index in [0.717, 1.165) is 43.7 Å². The highest BCUT2D eigenvalue weighted by molar-refractivity contribution is 6.10. The van der Waals surface area contributed by atoms with Crippen LogP contribution in [0.15, 0.2) is 0 Å². The van der Waals surface area contributed by atoms with Crippen molar-refractivity contribution in [1.29, 1.82) is 0 Å². The van der Waals surface area contributed by atoms with E-state index in [4.69, 9.17) is 0 Å². The summed E-state index contributed by atoms with van der Waals surface area (Å²) >= 11 is 0. The van der Waals surface area contributed by atoms with Gasteiger partial charge in [0.05, 0.1) is 0 Å². The molecule has 3 heterocycles. The van der Waals surface area contributed by atoms with Crippen LogP contribution in [0.1, 0.15) is 71.1 Å². The van der Waals surface area contributed by atoms with Crippen molar-refractivity contribution < 1.29 is 19.2 Å². The van der Waals surface area contributed by atoms with Crippen molar-refractivity contribution in [1.82, 2.24) is 20.0 Å². The van der Waals surface area contributed by atoms with E-state index in [0.29, 0.717) is 38.8 Å². The molecule has 1 N–H and O–H groups in total. The smallest absolute Gasteiger partial charge is 0.325 e. The molecule has 0 aromatic carbocycles. The van der Waals surface area contributed by atoms with Crippen molar-refractivity contribution in [3.63, 3.8) is 0 Å². The molecule has 8 nitrogen and oxygen atoms in total. The lowest BCUT2D eigenvalue weighted by molar-refractivity contribution is -0.145. The van der Waals surface area contributed by atoms with Crippen LogP contribution in [0.4, 0.5) is 4.79 Å². The molecular weight excluding hydrogens is 384 g/mol. The number of piperidine rings is 1. The van der Waals surface area contributed by atoms with Gasteiger partial charge in [-0.3, -0.25) is 14.4 Å². The first-order valence-electron chi connectivity index (χ1n) is 11.7. The molecule has 166 valence electrons. The molecule has 0 aromatic heterocycles. The topological polar surface area (TPSA) is 90.0 Å². The highest BCUT2D eigenvalue weighted by Crippen LogP contribution is 2.36. The maximum atomic E-state index is 13.1. The fourth-order valence-corrected chi connectivity index (χ4v) is 5.58. The van der Waals surface area contributed by atoms with Crippen molar-refractivity contribution in [2.75, 3.05) is 26.2 Å². The molecule has 8 heteroatoms. The number of nitrogens with one attached hydrogen (secondary N) is 1. The predicted octanol–water partition coefficient (Wildman–Crippen LogP) is 1.88. The number of imide groups is 1. The van der Waals surface area contributed by atoms with Crippen molar-refractivity contribution in [3.05, 3.63) is 0 Å². The Balaban J connectivity index is 1.33. The lowest BCUT2D eigenvalue weighted by Gasteiger charge is -2.36. The van der Waals surface area contributed by atoms with Crippen LogP contribution in [-0.4, -0.2) is 76.2 Å². The van der Waals surface area contributed by atoms with Gasteiger partial charge in [0.25, 0.3) is 5.91 Å². The summed E-state index contributed by atoms with van der Waals surface area (Å²) in [5.41, 5.74) is -0.793. The molecule has 0 bridgehead atoms. The van der Waals surface area contributed by atoms with E-state index in [-0.39, 0.29) is 23.6 Å². The van der Waals surface area contributed by atoms with Crippen LogP contribution in [0.2, 0.25) is 0 Å². The Morgan fingerprint density at radius 3 is 2.10 bits per heavy atom. The van der Waals surface area contributed by atoms with Gasteiger partial charge in [-0.15, -0.1) is 0 Å². The number of carbonyl (C=O) groups excluding carboxylic acids is 4. The SMILES string of the molecule is CC(C(=O)N1CCC(C(=O)N2CCCCCC2)CC1)N1C(=O)NC2(CCCC2)C1=O. The number of carbonyl (C=O) groups is 4. The first kappa shape index (κ1) is 21.1. The number of rotatable bonds is 3. The lowest BCUT2D eigenvalue weighted by Crippen LogP contribution is -2.53. The molecule has 1 unspecified atom stereocenters. The monoisotopic (exact) mass is 418 g/mol. The van der Waals surface area contributed by atoms with Gasteiger partial charge in [-0.25, -0.2) is 9.69 Å². The molecule has 0 radical (unpaired) electrons. The average molecular weight is 419 g/mol. The van der Waals surface area contributed by atoms with Crippen LogP contribution < -0.4 is 5.32 Å². The summed E-state index contributed by atoms with van der Waals surface area (Å²) in [5, 5.41) is 2.85. The van der Waals surface area contributed by atoms with Crippen molar-refractivity contribution >= 4 is 23.8 Å². The Morgan fingerprint density at radius 1 is 0.900 bits per heavy atom. The number of nitrogens with zero attached hydrogens (tertiary/aromatic N) is 3. The minimum atomic E-state index is -0.810. The predicted molar refractivity (Wildman–Crippen MR) is 110 cm³/mol. The van der Waals surface area contributed by atoms with Crippen LogP contribution in [0.5, 0.6) is 0 Å². The Labute approximate surface area is 178 Å². The van der Waals surface area contributed by atoms with Crippen LogP contribution >= 0.6 is 0 Å². The Morgan fingerprint density at radius 2 is 1.50 bits per heavy atom. The second-order valence-electron chi connectivity index (χ2n) is 9.41. The van der Waals surface area contributed by atoms with Gasteiger partial charge in [0.15, 0.2) is 0 Å². The van der Waals surface area contributed by atoms with Crippen LogP contribution in [0.3, 0.4) is 0 Å². The molecule has 1 atom stereocenters. The molecule has 1 saturated carbocycles. The van der Waals surface area contributed by atoms with Crippen molar-refractivity contribution in [3.8, 4) is 0 Å². The van der Waals surface area contributed by atoms with Gasteiger partial charge in [-0.05, 0) is 45.4 Å². The molecule has 30 heavy (non-hydrogen) atoms. The molecule has 4 aliphatic rings. The largest absolute Gasteiger partial charge is 0.342 e. The van der Waals surface area contributed by atoms with Crippen LogP contribution in [0, 0.1) is 5.92 Å². The van der Waals surface area contributed by atoms with E-state index in [1.165, 1.54) is 12.8 Å². The molecular formula is C22H34N4O4. The molecule has 0 aromatic rings. The molecule has 1 spiro atoms. The Bertz CT molecular complexity index is 702. The minimum Gasteiger partial charge on any atom is -0.342 e. The number of urea groups is 1. The van der Waals surface area contributed by atoms with Gasteiger partial charge in [0, 0.05) is 32.1 Å². The van der Waals surface area contributed by atoms with E-state index in [2.05, 4.69) is 5.32 Å². The third-order valence-corrected chi connectivity index (χ3v) is 7.47. The zero-order valence-corrected chi connectivity index (χ0v) is 18.0. The minimum absolute atomic E-state index is 0.0269. The summed E-state index contributed by atoms with van der Waals surface area (Å²) < 4.78 is 0. The van der Waals surface area contributed by atoms with Gasteiger partial charge in [0.1, 0.15) is 11.6 Å². The second-order valence-corrected chi connectivity index (χ2v) is 9.41. The number of amides is 5. The summed E-state index contributed by atoms with van der Waals surface area (Å²) in [4.78, 5) is 56.2. The zero-order chi connectivity index (χ0) is 21.3. The highest BCUT2D eigenvalue weighted by Gasteiger charge is 2.55. The van der Waals surface area contributed by atoms with Crippen LogP contribution in [0.25, 0.3) is 0 Å². The van der Waals surface area contributed by atoms with Gasteiger partial charge >= 0.3 is 6.03 Å². The van der Waals surface area contributed by atoms with E-state index < -0.39 is 17.6 Å². The second kappa shape index (κ2) is 8.55. The lowest BCUT2D eigenvalue weighted by atomic mass is 9.94. The summed E-state index contributed by atoms with van der Waals surface area (Å²) in [7, 11) is 0. The van der Waals surface area contributed by atoms with E-state index in [1.54, 1.807) is 11.8 Å². The summed E-state index contributed by atoms with van der Waals surface area (Å²) in [6.07, 6.45) is 8.98. The molecule has 1 aliphatic carbocycles. The van der Waals surface area contributed by atoms with E-state index in [9.17, 15) is 19.2 Å². The molecule has 3 aliphatic heterocycles. The highest BCUT2D eigenvalue weighted by atomic mass is 16.2. The molecule has 3 saturated heterocycles. The van der Waals surface area contributed by atoms with E-state index >= 15 is 0 Å². The van der Waals surface area contributed by atoms with Gasteiger partial charge in [0.2, 0.25) is 11.8 Å². The molecule has 4 fully saturated rings. The Hall–Kier alpha value is -2.12. The van der Waals surface area contributed by atoms with E-state index in [1.807, 2.05) is 4.90 Å². The normalized spacial score (nSPS) is 26.1. The molecule has 5 amide bonds. The Kier molecular flexibility index (Phi) is 6.02. The quantitative estimate of drug-likeness (QED) is 0.709. The third kappa shape index (κ3) is 3.81. The fraction of sp³-hybridized carbons (Fsp3) is 0.818. The summed E-state index contributed by atoms with van der Waals surface area (Å²) in [6.45, 7) is 4.35. The van der Waals surface area contributed by atoms with Crippen molar-refractivity contribution in [2.45, 2.75) is 82.7 Å². The third-order valence-electron chi connectivity index (χ3n) is 7.47. The standard InChI is InChI=1S/C22H34N4O4/c1-16(26-20(29)22(23-21(26)30)10-4-5-11-22)18(27)25-14-8-17(9-15-25)19(28)24-12-6-2-3-7-13-24/h16-17H,2-15H2,1H3,(H,23,30). The number of hydrogen-bond donors (Lipinski definition) is 1.